The van der Waals surface area contributed by atoms with E-state index in [9.17, 15) is 22.8 Å². The fraction of sp³-hybridized carbons (Fsp3) is 0.429. The van der Waals surface area contributed by atoms with Crippen LogP contribution < -0.4 is 4.68 Å². The highest BCUT2D eigenvalue weighted by atomic mass is 19.4. The maximum atomic E-state index is 11.5. The SMILES string of the molecule is C=C(OC)C(F)(F)F.CN(C)C(=O)c1cc[n+](CCC(=O)O)nc1. The largest absolute Gasteiger partial charge is 0.493 e. The van der Waals surface area contributed by atoms with Crippen LogP contribution in [0, 0.1) is 0 Å². The Morgan fingerprint density at radius 3 is 2.29 bits per heavy atom. The number of hydrogen-bond donors (Lipinski definition) is 1. The van der Waals surface area contributed by atoms with E-state index < -0.39 is 17.9 Å². The first-order valence-electron chi connectivity index (χ1n) is 6.58. The molecule has 0 radical (unpaired) electrons. The van der Waals surface area contributed by atoms with Gasteiger partial charge in [0.1, 0.15) is 12.6 Å². The lowest BCUT2D eigenvalue weighted by atomic mass is 10.3. The van der Waals surface area contributed by atoms with E-state index in [1.165, 1.54) is 15.8 Å². The van der Waals surface area contributed by atoms with Crippen LogP contribution in [0.1, 0.15) is 16.8 Å². The van der Waals surface area contributed by atoms with Gasteiger partial charge in [0, 0.05) is 20.2 Å². The topological polar surface area (TPSA) is 83.6 Å². The molecule has 0 aromatic carbocycles. The molecule has 1 aromatic rings. The standard InChI is InChI=1S/C10H13N3O3.C4H5F3O/c1-12(2)10(16)8-3-5-13(11-7-8)6-4-9(14)15;1-3(8-2)4(5,6)7/h3,5,7H,4,6H2,1-2H3;1H2,2H3/p+1. The van der Waals surface area contributed by atoms with Gasteiger partial charge in [-0.2, -0.15) is 13.2 Å². The van der Waals surface area contributed by atoms with Crippen molar-refractivity contribution in [2.24, 2.45) is 0 Å². The minimum atomic E-state index is -4.41. The lowest BCUT2D eigenvalue weighted by molar-refractivity contribution is -0.753. The van der Waals surface area contributed by atoms with Gasteiger partial charge in [0.25, 0.3) is 5.91 Å². The highest BCUT2D eigenvalue weighted by molar-refractivity contribution is 5.93. The molecule has 0 bridgehead atoms. The van der Waals surface area contributed by atoms with Crippen molar-refractivity contribution < 1.29 is 37.3 Å². The van der Waals surface area contributed by atoms with Crippen LogP contribution in [0.15, 0.2) is 30.8 Å². The molecule has 0 aliphatic rings. The van der Waals surface area contributed by atoms with Crippen LogP contribution in [-0.4, -0.2) is 54.4 Å². The summed E-state index contributed by atoms with van der Waals surface area (Å²) >= 11 is 0. The summed E-state index contributed by atoms with van der Waals surface area (Å²) in [4.78, 5) is 23.3. The van der Waals surface area contributed by atoms with E-state index in [0.717, 1.165) is 7.11 Å². The van der Waals surface area contributed by atoms with Crippen LogP contribution >= 0.6 is 0 Å². The van der Waals surface area contributed by atoms with Gasteiger partial charge in [-0.15, -0.1) is 0 Å². The fourth-order valence-corrected chi connectivity index (χ4v) is 1.23. The zero-order chi connectivity index (χ0) is 18.9. The van der Waals surface area contributed by atoms with Gasteiger partial charge in [0.05, 0.1) is 12.7 Å². The molecule has 134 valence electrons. The monoisotopic (exact) mass is 350 g/mol. The van der Waals surface area contributed by atoms with Gasteiger partial charge in [-0.1, -0.05) is 11.3 Å². The molecule has 24 heavy (non-hydrogen) atoms. The summed E-state index contributed by atoms with van der Waals surface area (Å²) in [7, 11) is 4.25. The van der Waals surface area contributed by atoms with Gasteiger partial charge in [0.2, 0.25) is 0 Å². The van der Waals surface area contributed by atoms with Crippen LogP contribution in [0.4, 0.5) is 13.2 Å². The number of carbonyl (C=O) groups is 2. The molecule has 7 nitrogen and oxygen atoms in total. The number of ether oxygens (including phenoxy) is 1. The second-order valence-electron chi connectivity index (χ2n) is 4.65. The Bertz CT molecular complexity index is 572. The predicted molar refractivity (Wildman–Crippen MR) is 76.9 cm³/mol. The average molecular weight is 350 g/mol. The van der Waals surface area contributed by atoms with Gasteiger partial charge < -0.3 is 14.7 Å². The van der Waals surface area contributed by atoms with E-state index >= 15 is 0 Å². The molecule has 1 aromatic heterocycles. The van der Waals surface area contributed by atoms with Crippen molar-refractivity contribution in [2.45, 2.75) is 19.1 Å². The zero-order valence-electron chi connectivity index (χ0n) is 13.5. The Labute approximate surface area is 137 Å². The Hall–Kier alpha value is -2.65. The van der Waals surface area contributed by atoms with Crippen molar-refractivity contribution in [2.75, 3.05) is 21.2 Å². The fourth-order valence-electron chi connectivity index (χ4n) is 1.23. The average Bonchev–Trinajstić information content (AvgIpc) is 2.51. The van der Waals surface area contributed by atoms with Crippen molar-refractivity contribution in [1.29, 1.82) is 0 Å². The lowest BCUT2D eigenvalue weighted by Crippen LogP contribution is -2.39. The van der Waals surface area contributed by atoms with Crippen LogP contribution in [-0.2, 0) is 16.1 Å². The first kappa shape index (κ1) is 21.4. The number of aromatic nitrogens is 2. The molecule has 0 saturated heterocycles. The van der Waals surface area contributed by atoms with Crippen LogP contribution in [0.25, 0.3) is 0 Å². The molecule has 0 unspecified atom stereocenters. The van der Waals surface area contributed by atoms with Gasteiger partial charge in [0.15, 0.2) is 18.5 Å². The van der Waals surface area contributed by atoms with E-state index in [1.54, 1.807) is 26.4 Å². The summed E-state index contributed by atoms with van der Waals surface area (Å²) in [6, 6.07) is 1.62. The van der Waals surface area contributed by atoms with Gasteiger partial charge in [-0.25, -0.2) is 0 Å². The minimum absolute atomic E-state index is 0.0125. The third-order valence-electron chi connectivity index (χ3n) is 2.54. The number of carboxylic acids is 1. The van der Waals surface area contributed by atoms with Crippen molar-refractivity contribution >= 4 is 11.9 Å². The molecule has 1 N–H and O–H groups in total. The number of carboxylic acid groups (broad SMARTS) is 1. The predicted octanol–water partition coefficient (Wildman–Crippen LogP) is 1.25. The zero-order valence-corrected chi connectivity index (χ0v) is 13.5. The molecule has 10 heteroatoms. The van der Waals surface area contributed by atoms with Crippen LogP contribution in [0.5, 0.6) is 0 Å². The number of nitrogens with zero attached hydrogens (tertiary/aromatic N) is 3. The Balaban J connectivity index is 0.000000561. The number of amides is 1. The molecule has 0 aliphatic carbocycles. The molecule has 0 fully saturated rings. The summed E-state index contributed by atoms with van der Waals surface area (Å²) in [5, 5.41) is 12.4. The Morgan fingerprint density at radius 2 is 2.00 bits per heavy atom. The minimum Gasteiger partial charge on any atom is -0.493 e. The lowest BCUT2D eigenvalue weighted by Gasteiger charge is -2.08. The number of methoxy groups -OCH3 is 1. The summed E-state index contributed by atoms with van der Waals surface area (Å²) in [6.07, 6.45) is -1.36. The second kappa shape index (κ2) is 9.48. The van der Waals surface area contributed by atoms with Crippen molar-refractivity contribution in [1.82, 2.24) is 10.00 Å². The van der Waals surface area contributed by atoms with Crippen molar-refractivity contribution in [3.63, 3.8) is 0 Å². The molecular weight excluding hydrogens is 331 g/mol. The molecule has 1 rings (SSSR count). The molecule has 0 atom stereocenters. The van der Waals surface area contributed by atoms with Gasteiger partial charge >= 0.3 is 12.1 Å². The third kappa shape index (κ3) is 8.11. The number of halogens is 3. The highest BCUT2D eigenvalue weighted by Crippen LogP contribution is 2.23. The van der Waals surface area contributed by atoms with E-state index in [-0.39, 0.29) is 12.3 Å². The number of carbonyl (C=O) groups excluding carboxylic acids is 1. The number of aryl methyl sites for hydroxylation is 1. The number of alkyl halides is 3. The normalized spacial score (nSPS) is 10.2. The summed E-state index contributed by atoms with van der Waals surface area (Å²) in [6.45, 7) is 2.89. The van der Waals surface area contributed by atoms with Gasteiger partial charge in [-0.3, -0.25) is 9.59 Å². The Morgan fingerprint density at radius 1 is 1.42 bits per heavy atom. The highest BCUT2D eigenvalue weighted by Gasteiger charge is 2.33. The summed E-state index contributed by atoms with van der Waals surface area (Å²) in [5.41, 5.74) is 0.483. The quantitative estimate of drug-likeness (QED) is 0.638. The molecular formula is C14H19F3N3O4+. The first-order chi connectivity index (χ1) is 11.0. The molecule has 1 amide bonds. The smallest absolute Gasteiger partial charge is 0.448 e. The number of allylic oxidation sites excluding steroid dienone is 1. The van der Waals surface area contributed by atoms with E-state index in [4.69, 9.17) is 5.11 Å². The molecule has 0 spiro atoms. The Kier molecular flexibility index (Phi) is 8.43. The van der Waals surface area contributed by atoms with E-state index in [0.29, 0.717) is 12.1 Å². The van der Waals surface area contributed by atoms with Gasteiger partial charge in [-0.05, 0) is 5.10 Å². The summed E-state index contributed by atoms with van der Waals surface area (Å²) < 4.78 is 39.0. The number of aliphatic carboxylic acids is 1. The van der Waals surface area contributed by atoms with Crippen molar-refractivity contribution in [3.05, 3.63) is 36.4 Å². The van der Waals surface area contributed by atoms with Crippen LogP contribution in [0.3, 0.4) is 0 Å². The molecule has 1 heterocycles. The molecule has 0 aliphatic heterocycles. The molecule has 0 saturated carbocycles. The maximum absolute atomic E-state index is 11.5. The summed E-state index contributed by atoms with van der Waals surface area (Å²) in [5.74, 6) is -2.17. The number of rotatable bonds is 5. The maximum Gasteiger partial charge on any atom is 0.448 e. The number of hydrogen-bond acceptors (Lipinski definition) is 4. The first-order valence-corrected chi connectivity index (χ1v) is 6.58. The van der Waals surface area contributed by atoms with Crippen LogP contribution in [0.2, 0.25) is 0 Å². The van der Waals surface area contributed by atoms with Crippen molar-refractivity contribution in [3.8, 4) is 0 Å². The van der Waals surface area contributed by atoms with E-state index in [2.05, 4.69) is 16.4 Å². The van der Waals surface area contributed by atoms with E-state index in [1.807, 2.05) is 0 Å². The second-order valence-corrected chi connectivity index (χ2v) is 4.65. The third-order valence-corrected chi connectivity index (χ3v) is 2.54.